The smallest absolute Gasteiger partial charge is 0.335 e. The topological polar surface area (TPSA) is 108 Å². The Hall–Kier alpha value is -3.13. The summed E-state index contributed by atoms with van der Waals surface area (Å²) in [7, 11) is 0. The van der Waals surface area contributed by atoms with E-state index in [0.717, 1.165) is 0 Å². The molecule has 3 N–H and O–H groups in total. The zero-order valence-corrected chi connectivity index (χ0v) is 14.3. The predicted molar refractivity (Wildman–Crippen MR) is 99.7 cm³/mol. The number of hydrogen-bond donors (Lipinski definition) is 3. The van der Waals surface area contributed by atoms with Crippen LogP contribution in [0.5, 0.6) is 0 Å². The number of amides is 2. The predicted octanol–water partition coefficient (Wildman–Crippen LogP) is 2.63. The molecule has 0 radical (unpaired) electrons. The molecule has 0 aromatic heterocycles. The number of amidine groups is 1. The lowest BCUT2D eigenvalue weighted by Gasteiger charge is -2.08. The van der Waals surface area contributed by atoms with E-state index in [1.54, 1.807) is 12.1 Å². The van der Waals surface area contributed by atoms with Crippen LogP contribution in [0.25, 0.3) is 0 Å². The van der Waals surface area contributed by atoms with Crippen molar-refractivity contribution in [1.82, 2.24) is 5.32 Å². The standard InChI is InChI=1S/C18H15N3O4S/c22-15(19-13-8-4-5-11(9-13)17(24)25)10-14-16(23)21-18(26-14)20-12-6-2-1-3-7-12/h1-9,14H,10H2,(H,19,22)(H,24,25)(H,20,21,23)/t14-/m1/s1. The third-order valence-electron chi connectivity index (χ3n) is 3.53. The van der Waals surface area contributed by atoms with Crippen molar-refractivity contribution in [3.63, 3.8) is 0 Å². The molecule has 1 fully saturated rings. The Labute approximate surface area is 153 Å². The molecule has 2 aromatic carbocycles. The Balaban J connectivity index is 1.61. The van der Waals surface area contributed by atoms with Crippen LogP contribution in [-0.4, -0.2) is 33.3 Å². The average Bonchev–Trinajstić information content (AvgIpc) is 2.95. The second kappa shape index (κ2) is 7.83. The van der Waals surface area contributed by atoms with Crippen LogP contribution >= 0.6 is 11.8 Å². The van der Waals surface area contributed by atoms with Crippen LogP contribution < -0.4 is 10.6 Å². The summed E-state index contributed by atoms with van der Waals surface area (Å²) in [4.78, 5) is 39.5. The lowest BCUT2D eigenvalue weighted by atomic mass is 10.2. The van der Waals surface area contributed by atoms with Gasteiger partial charge in [-0.15, -0.1) is 0 Å². The van der Waals surface area contributed by atoms with Crippen LogP contribution in [0.1, 0.15) is 16.8 Å². The van der Waals surface area contributed by atoms with Gasteiger partial charge in [0.05, 0.1) is 11.3 Å². The highest BCUT2D eigenvalue weighted by atomic mass is 32.2. The van der Waals surface area contributed by atoms with E-state index in [9.17, 15) is 14.4 Å². The highest BCUT2D eigenvalue weighted by Crippen LogP contribution is 2.25. The van der Waals surface area contributed by atoms with E-state index in [1.165, 1.54) is 23.9 Å². The van der Waals surface area contributed by atoms with Crippen molar-refractivity contribution in [2.45, 2.75) is 11.7 Å². The second-order valence-electron chi connectivity index (χ2n) is 5.49. The fourth-order valence-corrected chi connectivity index (χ4v) is 3.31. The van der Waals surface area contributed by atoms with Crippen molar-refractivity contribution in [2.75, 3.05) is 5.32 Å². The van der Waals surface area contributed by atoms with Gasteiger partial charge in [-0.2, -0.15) is 0 Å². The SMILES string of the molecule is O=C(C[C@H]1SC(=Nc2ccccc2)NC1=O)Nc1cccc(C(=O)O)c1. The number of benzene rings is 2. The molecule has 1 aliphatic heterocycles. The lowest BCUT2D eigenvalue weighted by molar-refractivity contribution is -0.122. The number of aliphatic imine (C=N–C) groups is 1. The minimum absolute atomic E-state index is 0.0401. The summed E-state index contributed by atoms with van der Waals surface area (Å²) in [6, 6.07) is 15.1. The number of nitrogens with zero attached hydrogens (tertiary/aromatic N) is 1. The molecule has 0 bridgehead atoms. The number of carboxylic acid groups (broad SMARTS) is 1. The van der Waals surface area contributed by atoms with Gasteiger partial charge in [-0.1, -0.05) is 36.0 Å². The molecule has 1 heterocycles. The first-order valence-electron chi connectivity index (χ1n) is 7.76. The van der Waals surface area contributed by atoms with Crippen LogP contribution in [0.4, 0.5) is 11.4 Å². The Morgan fingerprint density at radius 3 is 2.65 bits per heavy atom. The summed E-state index contributed by atoms with van der Waals surface area (Å²) in [5.74, 6) is -1.73. The van der Waals surface area contributed by atoms with E-state index in [0.29, 0.717) is 16.5 Å². The van der Waals surface area contributed by atoms with Gasteiger partial charge in [0.2, 0.25) is 11.8 Å². The molecule has 132 valence electrons. The number of para-hydroxylation sites is 1. The van der Waals surface area contributed by atoms with Crippen molar-refractivity contribution in [2.24, 2.45) is 4.99 Å². The summed E-state index contributed by atoms with van der Waals surface area (Å²) < 4.78 is 0. The normalized spacial score (nSPS) is 17.8. The largest absolute Gasteiger partial charge is 0.478 e. The zero-order valence-electron chi connectivity index (χ0n) is 13.5. The van der Waals surface area contributed by atoms with E-state index in [1.807, 2.05) is 30.3 Å². The van der Waals surface area contributed by atoms with E-state index < -0.39 is 11.2 Å². The van der Waals surface area contributed by atoms with Crippen LogP contribution in [0.2, 0.25) is 0 Å². The molecular weight excluding hydrogens is 354 g/mol. The summed E-state index contributed by atoms with van der Waals surface area (Å²) in [6.45, 7) is 0. The highest BCUT2D eigenvalue weighted by Gasteiger charge is 2.32. The quantitative estimate of drug-likeness (QED) is 0.751. The first-order chi connectivity index (χ1) is 12.5. The molecule has 26 heavy (non-hydrogen) atoms. The van der Waals surface area contributed by atoms with Gasteiger partial charge >= 0.3 is 5.97 Å². The lowest BCUT2D eigenvalue weighted by Crippen LogP contribution is -2.28. The van der Waals surface area contributed by atoms with Crippen LogP contribution in [0, 0.1) is 0 Å². The maximum atomic E-state index is 12.2. The molecule has 0 unspecified atom stereocenters. The monoisotopic (exact) mass is 369 g/mol. The minimum Gasteiger partial charge on any atom is -0.478 e. The zero-order chi connectivity index (χ0) is 18.5. The number of rotatable bonds is 5. The minimum atomic E-state index is -1.08. The van der Waals surface area contributed by atoms with E-state index in [4.69, 9.17) is 5.11 Å². The number of carbonyl (C=O) groups is 3. The second-order valence-corrected chi connectivity index (χ2v) is 6.68. The summed E-state index contributed by atoms with van der Waals surface area (Å²) in [5.41, 5.74) is 1.16. The Morgan fingerprint density at radius 1 is 1.15 bits per heavy atom. The number of carbonyl (C=O) groups excluding carboxylic acids is 2. The van der Waals surface area contributed by atoms with Crippen molar-refractivity contribution in [1.29, 1.82) is 0 Å². The van der Waals surface area contributed by atoms with Gasteiger partial charge < -0.3 is 15.7 Å². The van der Waals surface area contributed by atoms with E-state index in [2.05, 4.69) is 15.6 Å². The van der Waals surface area contributed by atoms with Gasteiger partial charge in [0.15, 0.2) is 5.17 Å². The number of thioether (sulfide) groups is 1. The summed E-state index contributed by atoms with van der Waals surface area (Å²) in [5, 5.41) is 14.1. The number of nitrogens with one attached hydrogen (secondary N) is 2. The fourth-order valence-electron chi connectivity index (χ4n) is 2.32. The van der Waals surface area contributed by atoms with Gasteiger partial charge in [0, 0.05) is 12.1 Å². The fraction of sp³-hybridized carbons (Fsp3) is 0.111. The van der Waals surface area contributed by atoms with Crippen molar-refractivity contribution < 1.29 is 19.5 Å². The number of carboxylic acids is 1. The van der Waals surface area contributed by atoms with Gasteiger partial charge in [0.25, 0.3) is 0 Å². The van der Waals surface area contributed by atoms with Crippen molar-refractivity contribution in [3.05, 3.63) is 60.2 Å². The molecule has 1 aliphatic rings. The van der Waals surface area contributed by atoms with Crippen LogP contribution in [-0.2, 0) is 9.59 Å². The van der Waals surface area contributed by atoms with E-state index >= 15 is 0 Å². The molecule has 1 atom stereocenters. The third-order valence-corrected chi connectivity index (χ3v) is 4.61. The highest BCUT2D eigenvalue weighted by molar-refractivity contribution is 8.15. The van der Waals surface area contributed by atoms with Gasteiger partial charge in [0.1, 0.15) is 5.25 Å². The van der Waals surface area contributed by atoms with Crippen LogP contribution in [0.3, 0.4) is 0 Å². The molecule has 2 amide bonds. The van der Waals surface area contributed by atoms with Crippen molar-refractivity contribution >= 4 is 46.1 Å². The molecule has 8 heteroatoms. The Morgan fingerprint density at radius 2 is 1.92 bits per heavy atom. The summed E-state index contributed by atoms with van der Waals surface area (Å²) in [6.07, 6.45) is -0.0401. The number of aromatic carboxylic acids is 1. The van der Waals surface area contributed by atoms with Crippen molar-refractivity contribution in [3.8, 4) is 0 Å². The first-order valence-corrected chi connectivity index (χ1v) is 8.64. The third kappa shape index (κ3) is 4.48. The molecule has 2 aromatic rings. The molecule has 0 aliphatic carbocycles. The molecule has 0 saturated carbocycles. The number of hydrogen-bond acceptors (Lipinski definition) is 5. The maximum absolute atomic E-state index is 12.2. The van der Waals surface area contributed by atoms with Gasteiger partial charge in [-0.05, 0) is 30.3 Å². The Kier molecular flexibility index (Phi) is 5.33. The van der Waals surface area contributed by atoms with Gasteiger partial charge in [-0.25, -0.2) is 9.79 Å². The first kappa shape index (κ1) is 17.7. The average molecular weight is 369 g/mol. The summed E-state index contributed by atoms with van der Waals surface area (Å²) >= 11 is 1.19. The molecular formula is C18H15N3O4S. The number of anilines is 1. The molecule has 1 saturated heterocycles. The van der Waals surface area contributed by atoms with E-state index in [-0.39, 0.29) is 23.8 Å². The maximum Gasteiger partial charge on any atom is 0.335 e. The molecule has 7 nitrogen and oxygen atoms in total. The Bertz CT molecular complexity index is 883. The molecule has 0 spiro atoms. The van der Waals surface area contributed by atoms with Gasteiger partial charge in [-0.3, -0.25) is 9.59 Å². The molecule has 3 rings (SSSR count). The van der Waals surface area contributed by atoms with Crippen LogP contribution in [0.15, 0.2) is 59.6 Å².